The van der Waals surface area contributed by atoms with Crippen molar-refractivity contribution in [3.63, 3.8) is 0 Å². The van der Waals surface area contributed by atoms with Gasteiger partial charge in [0.05, 0.1) is 6.04 Å². The molecule has 1 rings (SSSR count). The number of aldehydes is 1. The van der Waals surface area contributed by atoms with Crippen molar-refractivity contribution in [1.82, 2.24) is 5.32 Å². The number of hydrogen-bond acceptors (Lipinski definition) is 4. The van der Waals surface area contributed by atoms with Gasteiger partial charge in [-0.05, 0) is 47.6 Å². The fourth-order valence-electron chi connectivity index (χ4n) is 1.35. The van der Waals surface area contributed by atoms with Crippen LogP contribution in [0.4, 0.5) is 4.79 Å². The van der Waals surface area contributed by atoms with E-state index >= 15 is 0 Å². The molecule has 18 heavy (non-hydrogen) atoms. The summed E-state index contributed by atoms with van der Waals surface area (Å²) in [5.41, 5.74) is 0.333. The first kappa shape index (κ1) is 15.2. The molecule has 1 N–H and O–H groups in total. The van der Waals surface area contributed by atoms with Crippen LogP contribution in [0, 0.1) is 0 Å². The first-order chi connectivity index (χ1) is 8.33. The second kappa shape index (κ2) is 6.33. The van der Waals surface area contributed by atoms with E-state index < -0.39 is 11.7 Å². The van der Waals surface area contributed by atoms with Gasteiger partial charge < -0.3 is 14.8 Å². The quantitative estimate of drug-likeness (QED) is 0.855. The van der Waals surface area contributed by atoms with Gasteiger partial charge >= 0.3 is 6.09 Å². The second-order valence-corrected chi connectivity index (χ2v) is 6.37. The van der Waals surface area contributed by atoms with Crippen LogP contribution in [0.25, 0.3) is 0 Å². The Balaban J connectivity index is 2.73. The molecule has 0 spiro atoms. The predicted octanol–water partition coefficient (Wildman–Crippen LogP) is 3.67. The molecule has 1 amide bonds. The lowest BCUT2D eigenvalue weighted by molar-refractivity contribution is -0.108. The van der Waals surface area contributed by atoms with Crippen LogP contribution >= 0.6 is 27.3 Å². The molecule has 6 heteroatoms. The minimum Gasteiger partial charge on any atom is -0.444 e. The van der Waals surface area contributed by atoms with Crippen molar-refractivity contribution >= 4 is 39.6 Å². The van der Waals surface area contributed by atoms with Crippen LogP contribution in [-0.2, 0) is 9.53 Å². The number of carbonyl (C=O) groups excluding carboxylic acids is 2. The Bertz CT molecular complexity index is 425. The Morgan fingerprint density at radius 1 is 1.56 bits per heavy atom. The predicted molar refractivity (Wildman–Crippen MR) is 74.8 cm³/mol. The minimum absolute atomic E-state index is 0.217. The van der Waals surface area contributed by atoms with Gasteiger partial charge in [0.15, 0.2) is 0 Å². The van der Waals surface area contributed by atoms with Gasteiger partial charge in [0, 0.05) is 16.3 Å². The third-order valence-corrected chi connectivity index (χ3v) is 3.79. The van der Waals surface area contributed by atoms with Crippen molar-refractivity contribution in [3.8, 4) is 0 Å². The Kier molecular flexibility index (Phi) is 5.34. The zero-order valence-electron chi connectivity index (χ0n) is 10.5. The van der Waals surface area contributed by atoms with E-state index in [4.69, 9.17) is 4.74 Å². The highest BCUT2D eigenvalue weighted by molar-refractivity contribution is 9.10. The summed E-state index contributed by atoms with van der Waals surface area (Å²) in [7, 11) is 0. The molecule has 0 aliphatic heterocycles. The average molecular weight is 334 g/mol. The summed E-state index contributed by atoms with van der Waals surface area (Å²) in [6, 6.07) is -0.363. The van der Waals surface area contributed by atoms with Gasteiger partial charge in [-0.15, -0.1) is 0 Å². The van der Waals surface area contributed by atoms with Crippen LogP contribution in [0.3, 0.4) is 0 Å². The van der Waals surface area contributed by atoms with Crippen LogP contribution in [0.5, 0.6) is 0 Å². The topological polar surface area (TPSA) is 55.4 Å². The molecule has 0 radical (unpaired) electrons. The third-order valence-electron chi connectivity index (χ3n) is 2.04. The second-order valence-electron chi connectivity index (χ2n) is 4.78. The number of alkyl carbamates (subject to hydrolysis) is 1. The Morgan fingerprint density at radius 2 is 2.22 bits per heavy atom. The molecule has 100 valence electrons. The van der Waals surface area contributed by atoms with Gasteiger partial charge in [-0.25, -0.2) is 4.79 Å². The minimum atomic E-state index is -0.554. The van der Waals surface area contributed by atoms with Crippen molar-refractivity contribution in [3.05, 3.63) is 20.8 Å². The molecule has 0 saturated heterocycles. The van der Waals surface area contributed by atoms with Gasteiger partial charge in [-0.2, -0.15) is 11.3 Å². The molecule has 1 atom stereocenters. The fourth-order valence-corrected chi connectivity index (χ4v) is 2.98. The summed E-state index contributed by atoms with van der Waals surface area (Å²) in [5.74, 6) is 0. The van der Waals surface area contributed by atoms with E-state index in [1.807, 2.05) is 10.8 Å². The number of amides is 1. The Morgan fingerprint density at radius 3 is 2.67 bits per heavy atom. The number of carbonyl (C=O) groups is 2. The van der Waals surface area contributed by atoms with Gasteiger partial charge in [0.2, 0.25) is 0 Å². The first-order valence-corrected chi connectivity index (χ1v) is 7.22. The SMILES string of the molecule is CC(C)(C)OC(=O)N[C@H](CC=O)c1cscc1Br. The molecule has 0 aliphatic rings. The fraction of sp³-hybridized carbons (Fsp3) is 0.500. The van der Waals surface area contributed by atoms with E-state index in [9.17, 15) is 9.59 Å². The molecule has 0 bridgehead atoms. The van der Waals surface area contributed by atoms with Crippen LogP contribution in [0.1, 0.15) is 38.8 Å². The molecule has 1 heterocycles. The van der Waals surface area contributed by atoms with Crippen molar-refractivity contribution < 1.29 is 14.3 Å². The van der Waals surface area contributed by atoms with Gasteiger partial charge in [-0.1, -0.05) is 0 Å². The van der Waals surface area contributed by atoms with Crippen LogP contribution in [-0.4, -0.2) is 18.0 Å². The number of rotatable bonds is 4. The highest BCUT2D eigenvalue weighted by Gasteiger charge is 2.21. The molecule has 0 fully saturated rings. The summed E-state index contributed by atoms with van der Waals surface area (Å²) >= 11 is 4.90. The summed E-state index contributed by atoms with van der Waals surface area (Å²) < 4.78 is 6.06. The van der Waals surface area contributed by atoms with E-state index in [-0.39, 0.29) is 12.5 Å². The number of ether oxygens (including phenoxy) is 1. The van der Waals surface area contributed by atoms with Crippen molar-refractivity contribution in [2.75, 3.05) is 0 Å². The van der Waals surface area contributed by atoms with Crippen molar-refractivity contribution in [1.29, 1.82) is 0 Å². The molecule has 0 aromatic carbocycles. The van der Waals surface area contributed by atoms with Gasteiger partial charge in [0.1, 0.15) is 11.9 Å². The number of hydrogen-bond donors (Lipinski definition) is 1. The Hall–Kier alpha value is -0.880. The number of thiophene rings is 1. The van der Waals surface area contributed by atoms with Gasteiger partial charge in [-0.3, -0.25) is 0 Å². The highest BCUT2D eigenvalue weighted by Crippen LogP contribution is 2.29. The van der Waals surface area contributed by atoms with Crippen LogP contribution in [0.15, 0.2) is 15.2 Å². The maximum Gasteiger partial charge on any atom is 0.408 e. The van der Waals surface area contributed by atoms with E-state index in [0.717, 1.165) is 16.3 Å². The largest absolute Gasteiger partial charge is 0.444 e. The summed E-state index contributed by atoms with van der Waals surface area (Å²) in [6.07, 6.45) is 0.480. The van der Waals surface area contributed by atoms with Crippen molar-refractivity contribution in [2.45, 2.75) is 38.8 Å². The maximum absolute atomic E-state index is 11.7. The van der Waals surface area contributed by atoms with E-state index in [1.54, 1.807) is 20.8 Å². The molecule has 0 saturated carbocycles. The molecule has 0 aliphatic carbocycles. The van der Waals surface area contributed by atoms with E-state index in [1.165, 1.54) is 11.3 Å². The molecular weight excluding hydrogens is 318 g/mol. The molecule has 4 nitrogen and oxygen atoms in total. The Labute approximate surface area is 119 Å². The number of halogens is 1. The molecule has 1 aromatic heterocycles. The third kappa shape index (κ3) is 4.78. The zero-order valence-corrected chi connectivity index (χ0v) is 12.9. The lowest BCUT2D eigenvalue weighted by Gasteiger charge is -2.22. The molecular formula is C12H16BrNO3S. The average Bonchev–Trinajstić information content (AvgIpc) is 2.60. The maximum atomic E-state index is 11.7. The van der Waals surface area contributed by atoms with E-state index in [0.29, 0.717) is 0 Å². The highest BCUT2D eigenvalue weighted by atomic mass is 79.9. The first-order valence-electron chi connectivity index (χ1n) is 5.48. The lowest BCUT2D eigenvalue weighted by atomic mass is 10.1. The standard InChI is InChI=1S/C12H16BrNO3S/c1-12(2,3)17-11(16)14-10(4-5-15)8-6-18-7-9(8)13/h5-7,10H,4H2,1-3H3,(H,14,16)/t10-/m1/s1. The van der Waals surface area contributed by atoms with Gasteiger partial charge in [0.25, 0.3) is 0 Å². The zero-order chi connectivity index (χ0) is 13.8. The normalized spacial score (nSPS) is 12.9. The summed E-state index contributed by atoms with van der Waals surface area (Å²) in [6.45, 7) is 5.38. The number of nitrogens with one attached hydrogen (secondary N) is 1. The van der Waals surface area contributed by atoms with Crippen molar-refractivity contribution in [2.24, 2.45) is 0 Å². The van der Waals surface area contributed by atoms with Crippen LogP contribution in [0.2, 0.25) is 0 Å². The smallest absolute Gasteiger partial charge is 0.408 e. The van der Waals surface area contributed by atoms with E-state index in [2.05, 4.69) is 21.2 Å². The summed E-state index contributed by atoms with van der Waals surface area (Å²) in [5, 5.41) is 6.51. The monoisotopic (exact) mass is 333 g/mol. The lowest BCUT2D eigenvalue weighted by Crippen LogP contribution is -2.35. The summed E-state index contributed by atoms with van der Waals surface area (Å²) in [4.78, 5) is 22.4. The molecule has 0 unspecified atom stereocenters. The molecule has 1 aromatic rings. The van der Waals surface area contributed by atoms with Crippen LogP contribution < -0.4 is 5.32 Å².